The first-order chi connectivity index (χ1) is 11.2. The number of anilines is 1. The molecule has 0 saturated carbocycles. The highest BCUT2D eigenvalue weighted by molar-refractivity contribution is 7.15. The van der Waals surface area contributed by atoms with Crippen molar-refractivity contribution in [3.05, 3.63) is 47.0 Å². The number of hydrogen-bond donors (Lipinski definition) is 1. The van der Waals surface area contributed by atoms with Gasteiger partial charge in [-0.3, -0.25) is 9.69 Å². The van der Waals surface area contributed by atoms with Gasteiger partial charge in [0.15, 0.2) is 5.13 Å². The van der Waals surface area contributed by atoms with Crippen LogP contribution >= 0.6 is 11.3 Å². The fourth-order valence-electron chi connectivity index (χ4n) is 3.22. The van der Waals surface area contributed by atoms with Gasteiger partial charge in [-0.25, -0.2) is 4.98 Å². The lowest BCUT2D eigenvalue weighted by molar-refractivity contribution is -0.114. The van der Waals surface area contributed by atoms with E-state index in [1.807, 2.05) is 6.20 Å². The fraction of sp³-hybridized carbons (Fsp3) is 0.444. The van der Waals surface area contributed by atoms with E-state index in [1.165, 1.54) is 30.2 Å². The Bertz CT molecular complexity index is 641. The summed E-state index contributed by atoms with van der Waals surface area (Å²) >= 11 is 1.58. The zero-order valence-electron chi connectivity index (χ0n) is 13.5. The second-order valence-corrected chi connectivity index (χ2v) is 7.36. The van der Waals surface area contributed by atoms with Crippen molar-refractivity contribution in [1.82, 2.24) is 9.88 Å². The first kappa shape index (κ1) is 16.1. The normalized spacial score (nSPS) is 18.7. The molecule has 1 aliphatic heterocycles. The Morgan fingerprint density at radius 2 is 2.22 bits per heavy atom. The maximum Gasteiger partial charge on any atom is 0.223 e. The Morgan fingerprint density at radius 3 is 3.00 bits per heavy atom. The fourth-order valence-corrected chi connectivity index (χ4v) is 4.12. The highest BCUT2D eigenvalue weighted by Gasteiger charge is 2.20. The molecule has 1 aromatic heterocycles. The Morgan fingerprint density at radius 1 is 1.39 bits per heavy atom. The van der Waals surface area contributed by atoms with Gasteiger partial charge in [-0.05, 0) is 37.3 Å². The number of benzene rings is 1. The van der Waals surface area contributed by atoms with Crippen molar-refractivity contribution in [1.29, 1.82) is 0 Å². The van der Waals surface area contributed by atoms with Gasteiger partial charge in [0.25, 0.3) is 0 Å². The number of aromatic nitrogens is 1. The van der Waals surface area contributed by atoms with Gasteiger partial charge in [0.1, 0.15) is 0 Å². The highest BCUT2D eigenvalue weighted by atomic mass is 32.1. The monoisotopic (exact) mass is 329 g/mol. The third-order valence-electron chi connectivity index (χ3n) is 4.19. The molecule has 1 saturated heterocycles. The number of rotatable bonds is 5. The molecule has 1 N–H and O–H groups in total. The lowest BCUT2D eigenvalue weighted by Crippen LogP contribution is -2.35. The Labute approximate surface area is 141 Å². The summed E-state index contributed by atoms with van der Waals surface area (Å²) in [5.41, 5.74) is 1.44. The van der Waals surface area contributed by atoms with Crippen LogP contribution in [-0.4, -0.2) is 28.9 Å². The van der Waals surface area contributed by atoms with Crippen LogP contribution in [0.2, 0.25) is 0 Å². The number of likely N-dealkylation sites (tertiary alicyclic amines) is 1. The molecule has 1 aliphatic rings. The topological polar surface area (TPSA) is 45.2 Å². The lowest BCUT2D eigenvalue weighted by Gasteiger charge is -2.32. The Hall–Kier alpha value is -1.72. The molecular weight excluding hydrogens is 306 g/mol. The van der Waals surface area contributed by atoms with Crippen LogP contribution in [0.15, 0.2) is 36.5 Å². The van der Waals surface area contributed by atoms with Crippen molar-refractivity contribution < 1.29 is 4.79 Å². The molecule has 4 nitrogen and oxygen atoms in total. The third-order valence-corrected chi connectivity index (χ3v) is 5.08. The van der Waals surface area contributed by atoms with Crippen molar-refractivity contribution >= 4 is 22.4 Å². The molecule has 122 valence electrons. The van der Waals surface area contributed by atoms with E-state index in [2.05, 4.69) is 45.5 Å². The highest BCUT2D eigenvalue weighted by Crippen LogP contribution is 2.25. The van der Waals surface area contributed by atoms with Gasteiger partial charge in [-0.15, -0.1) is 11.3 Å². The van der Waals surface area contributed by atoms with Crippen molar-refractivity contribution in [2.75, 3.05) is 18.4 Å². The first-order valence-electron chi connectivity index (χ1n) is 8.17. The molecule has 3 rings (SSSR count). The van der Waals surface area contributed by atoms with Crippen molar-refractivity contribution in [2.24, 2.45) is 5.92 Å². The first-order valence-corrected chi connectivity index (χ1v) is 8.99. The summed E-state index contributed by atoms with van der Waals surface area (Å²) in [6, 6.07) is 10.8. The van der Waals surface area contributed by atoms with Crippen LogP contribution in [0, 0.1) is 5.92 Å². The largest absolute Gasteiger partial charge is 0.302 e. The molecule has 0 aliphatic carbocycles. The number of nitrogens with zero attached hydrogens (tertiary/aromatic N) is 2. The molecule has 2 heterocycles. The third kappa shape index (κ3) is 4.88. The van der Waals surface area contributed by atoms with E-state index < -0.39 is 0 Å². The number of amides is 1. The minimum Gasteiger partial charge on any atom is -0.302 e. The predicted octanol–water partition coefficient (Wildman–Crippen LogP) is 3.56. The van der Waals surface area contributed by atoms with Gasteiger partial charge in [-0.2, -0.15) is 0 Å². The molecular formula is C18H23N3OS. The number of thiazole rings is 1. The Balaban J connectivity index is 1.54. The summed E-state index contributed by atoms with van der Waals surface area (Å²) in [6.45, 7) is 4.74. The van der Waals surface area contributed by atoms with Gasteiger partial charge in [0.05, 0.1) is 0 Å². The van der Waals surface area contributed by atoms with Gasteiger partial charge < -0.3 is 5.32 Å². The molecule has 0 bridgehead atoms. The number of nitrogens with one attached hydrogen (secondary N) is 1. The molecule has 1 atom stereocenters. The second kappa shape index (κ2) is 7.70. The predicted molar refractivity (Wildman–Crippen MR) is 94.6 cm³/mol. The summed E-state index contributed by atoms with van der Waals surface area (Å²) in [6.07, 6.45) is 5.62. The SMILES string of the molecule is CC(=O)Nc1ncc(CN2CCC[C@@H](Cc3ccccc3)C2)s1. The van der Waals surface area contributed by atoms with E-state index in [-0.39, 0.29) is 5.91 Å². The van der Waals surface area contributed by atoms with Gasteiger partial charge in [0.2, 0.25) is 5.91 Å². The van der Waals surface area contributed by atoms with E-state index in [9.17, 15) is 4.79 Å². The summed E-state index contributed by atoms with van der Waals surface area (Å²) in [5, 5.41) is 3.45. The maximum atomic E-state index is 11.1. The second-order valence-electron chi connectivity index (χ2n) is 6.25. The quantitative estimate of drug-likeness (QED) is 0.912. The van der Waals surface area contributed by atoms with E-state index in [0.717, 1.165) is 32.0 Å². The maximum absolute atomic E-state index is 11.1. The van der Waals surface area contributed by atoms with Crippen LogP contribution in [0.3, 0.4) is 0 Å². The molecule has 0 spiro atoms. The van der Waals surface area contributed by atoms with Crippen LogP contribution < -0.4 is 5.32 Å². The van der Waals surface area contributed by atoms with E-state index in [4.69, 9.17) is 0 Å². The van der Waals surface area contributed by atoms with Crippen LogP contribution in [0.1, 0.15) is 30.2 Å². The Kier molecular flexibility index (Phi) is 5.41. The zero-order valence-corrected chi connectivity index (χ0v) is 14.3. The number of hydrogen-bond acceptors (Lipinski definition) is 4. The molecule has 1 aromatic carbocycles. The summed E-state index contributed by atoms with van der Waals surface area (Å²) in [5.74, 6) is 0.667. The van der Waals surface area contributed by atoms with Crippen LogP contribution in [-0.2, 0) is 17.8 Å². The van der Waals surface area contributed by atoms with Crippen LogP contribution in [0.5, 0.6) is 0 Å². The minimum absolute atomic E-state index is 0.0632. The molecule has 23 heavy (non-hydrogen) atoms. The molecule has 0 radical (unpaired) electrons. The van der Waals surface area contributed by atoms with Crippen molar-refractivity contribution in [2.45, 2.75) is 32.7 Å². The van der Waals surface area contributed by atoms with Crippen LogP contribution in [0.25, 0.3) is 0 Å². The van der Waals surface area contributed by atoms with E-state index in [0.29, 0.717) is 5.13 Å². The number of carbonyl (C=O) groups is 1. The molecule has 0 unspecified atom stereocenters. The smallest absolute Gasteiger partial charge is 0.223 e. The number of carbonyl (C=O) groups excluding carboxylic acids is 1. The number of piperidine rings is 1. The van der Waals surface area contributed by atoms with E-state index >= 15 is 0 Å². The molecule has 2 aromatic rings. The van der Waals surface area contributed by atoms with Crippen LogP contribution in [0.4, 0.5) is 5.13 Å². The lowest BCUT2D eigenvalue weighted by atomic mass is 9.91. The summed E-state index contributed by atoms with van der Waals surface area (Å²) in [7, 11) is 0. The summed E-state index contributed by atoms with van der Waals surface area (Å²) < 4.78 is 0. The van der Waals surface area contributed by atoms with E-state index in [1.54, 1.807) is 11.3 Å². The average Bonchev–Trinajstić information content (AvgIpc) is 2.95. The average molecular weight is 329 g/mol. The standard InChI is InChI=1S/C18H23N3OS/c1-14(22)20-18-19-11-17(23-18)13-21-9-5-8-16(12-21)10-15-6-3-2-4-7-15/h2-4,6-7,11,16H,5,8-10,12-13H2,1H3,(H,19,20,22)/t16-/m0/s1. The summed E-state index contributed by atoms with van der Waals surface area (Å²) in [4.78, 5) is 19.1. The van der Waals surface area contributed by atoms with Gasteiger partial charge in [0, 0.05) is 31.1 Å². The van der Waals surface area contributed by atoms with Crippen molar-refractivity contribution in [3.63, 3.8) is 0 Å². The molecule has 1 fully saturated rings. The zero-order chi connectivity index (χ0) is 16.1. The van der Waals surface area contributed by atoms with Crippen molar-refractivity contribution in [3.8, 4) is 0 Å². The minimum atomic E-state index is -0.0632. The molecule has 5 heteroatoms. The van der Waals surface area contributed by atoms with Gasteiger partial charge >= 0.3 is 0 Å². The van der Waals surface area contributed by atoms with Gasteiger partial charge in [-0.1, -0.05) is 30.3 Å². The molecule has 1 amide bonds.